The number of aromatic nitrogens is 5. The zero-order valence-electron chi connectivity index (χ0n) is 12.2. The normalized spacial score (nSPS) is 11.4. The van der Waals surface area contributed by atoms with E-state index in [2.05, 4.69) is 20.3 Å². The third-order valence-electron chi connectivity index (χ3n) is 3.88. The second-order valence-corrected chi connectivity index (χ2v) is 5.26. The minimum Gasteiger partial charge on any atom is -0.256 e. The Labute approximate surface area is 125 Å². The van der Waals surface area contributed by atoms with Crippen molar-refractivity contribution in [2.75, 3.05) is 0 Å². The van der Waals surface area contributed by atoms with E-state index in [4.69, 9.17) is 0 Å². The average molecular weight is 291 g/mol. The third kappa shape index (κ3) is 1.67. The SMILES string of the molecule is Cc1nn2c(=O)[nH]ncc2c1-c1ccc(C)c2ncccc12. The molecule has 0 aliphatic carbocycles. The predicted molar refractivity (Wildman–Crippen MR) is 83.8 cm³/mol. The van der Waals surface area contributed by atoms with Gasteiger partial charge in [0.05, 0.1) is 17.4 Å². The number of rotatable bonds is 1. The number of nitrogens with one attached hydrogen (secondary N) is 1. The van der Waals surface area contributed by atoms with E-state index in [1.807, 2.05) is 38.1 Å². The van der Waals surface area contributed by atoms with Gasteiger partial charge in [0.15, 0.2) is 0 Å². The van der Waals surface area contributed by atoms with E-state index >= 15 is 0 Å². The maximum absolute atomic E-state index is 11.9. The molecule has 108 valence electrons. The summed E-state index contributed by atoms with van der Waals surface area (Å²) in [4.78, 5) is 16.3. The van der Waals surface area contributed by atoms with Crippen molar-refractivity contribution in [3.8, 4) is 11.1 Å². The Morgan fingerprint density at radius 1 is 1.18 bits per heavy atom. The summed E-state index contributed by atoms with van der Waals surface area (Å²) in [5.74, 6) is 0. The molecule has 6 heteroatoms. The molecule has 3 heterocycles. The van der Waals surface area contributed by atoms with Crippen LogP contribution in [-0.4, -0.2) is 24.8 Å². The van der Waals surface area contributed by atoms with Gasteiger partial charge in [-0.2, -0.15) is 14.7 Å². The molecule has 4 aromatic rings. The summed E-state index contributed by atoms with van der Waals surface area (Å²) in [7, 11) is 0. The lowest BCUT2D eigenvalue weighted by atomic mass is 9.98. The zero-order chi connectivity index (χ0) is 15.3. The quantitative estimate of drug-likeness (QED) is 0.583. The molecular weight excluding hydrogens is 278 g/mol. The molecule has 22 heavy (non-hydrogen) atoms. The Morgan fingerprint density at radius 2 is 2.05 bits per heavy atom. The molecule has 0 aliphatic rings. The first kappa shape index (κ1) is 12.7. The number of hydrogen-bond acceptors (Lipinski definition) is 4. The predicted octanol–water partition coefficient (Wildman–Crippen LogP) is 2.25. The van der Waals surface area contributed by atoms with Crippen LogP contribution >= 0.6 is 0 Å². The van der Waals surface area contributed by atoms with E-state index in [1.54, 1.807) is 12.4 Å². The number of aryl methyl sites for hydroxylation is 2. The third-order valence-corrected chi connectivity index (χ3v) is 3.88. The maximum atomic E-state index is 11.9. The second kappa shape index (κ2) is 4.49. The van der Waals surface area contributed by atoms with Crippen molar-refractivity contribution in [2.45, 2.75) is 13.8 Å². The van der Waals surface area contributed by atoms with Crippen molar-refractivity contribution >= 4 is 16.4 Å². The molecule has 0 bridgehead atoms. The molecule has 6 nitrogen and oxygen atoms in total. The summed E-state index contributed by atoms with van der Waals surface area (Å²) >= 11 is 0. The van der Waals surface area contributed by atoms with Gasteiger partial charge in [0.2, 0.25) is 0 Å². The summed E-state index contributed by atoms with van der Waals surface area (Å²) in [6.45, 7) is 3.93. The van der Waals surface area contributed by atoms with E-state index in [0.29, 0.717) is 5.52 Å². The fraction of sp³-hybridized carbons (Fsp3) is 0.125. The molecule has 0 unspecified atom stereocenters. The fourth-order valence-corrected chi connectivity index (χ4v) is 2.88. The number of fused-ring (bicyclic) bond motifs is 2. The van der Waals surface area contributed by atoms with Crippen LogP contribution in [0, 0.1) is 13.8 Å². The van der Waals surface area contributed by atoms with Crippen molar-refractivity contribution in [3.63, 3.8) is 0 Å². The van der Waals surface area contributed by atoms with E-state index in [0.717, 1.165) is 33.3 Å². The molecule has 0 atom stereocenters. The number of H-pyrrole nitrogens is 1. The van der Waals surface area contributed by atoms with Gasteiger partial charge >= 0.3 is 5.69 Å². The zero-order valence-corrected chi connectivity index (χ0v) is 12.2. The van der Waals surface area contributed by atoms with Gasteiger partial charge in [-0.1, -0.05) is 18.2 Å². The number of pyridine rings is 1. The van der Waals surface area contributed by atoms with Crippen LogP contribution in [0.5, 0.6) is 0 Å². The Bertz CT molecular complexity index is 1080. The highest BCUT2D eigenvalue weighted by Crippen LogP contribution is 2.33. The van der Waals surface area contributed by atoms with E-state index < -0.39 is 0 Å². The lowest BCUT2D eigenvalue weighted by Crippen LogP contribution is -2.18. The van der Waals surface area contributed by atoms with Gasteiger partial charge in [0, 0.05) is 17.1 Å². The molecule has 0 fully saturated rings. The summed E-state index contributed by atoms with van der Waals surface area (Å²) in [5.41, 5.74) is 5.12. The molecule has 3 aromatic heterocycles. The van der Waals surface area contributed by atoms with Crippen molar-refractivity contribution in [1.29, 1.82) is 0 Å². The Balaban J connectivity index is 2.17. The van der Waals surface area contributed by atoms with Crippen molar-refractivity contribution in [2.24, 2.45) is 0 Å². The average Bonchev–Trinajstić information content (AvgIpc) is 2.86. The Morgan fingerprint density at radius 3 is 2.91 bits per heavy atom. The minimum atomic E-state index is -0.346. The van der Waals surface area contributed by atoms with Crippen molar-refractivity contribution in [3.05, 3.63) is 58.4 Å². The number of aromatic amines is 1. The summed E-state index contributed by atoms with van der Waals surface area (Å²) in [6, 6.07) is 8.03. The molecule has 0 spiro atoms. The highest BCUT2D eigenvalue weighted by molar-refractivity contribution is 6.00. The standard InChI is InChI=1S/C16H13N5O/c1-9-5-6-11(12-4-3-7-17-15(9)12)14-10(2)20-21-13(14)8-18-19-16(21)22/h3-8H,1-2H3,(H,19,22). The summed E-state index contributed by atoms with van der Waals surface area (Å²) in [5, 5.41) is 11.7. The molecule has 0 saturated carbocycles. The summed E-state index contributed by atoms with van der Waals surface area (Å²) < 4.78 is 1.35. The van der Waals surface area contributed by atoms with Gasteiger partial charge in [0.25, 0.3) is 0 Å². The second-order valence-electron chi connectivity index (χ2n) is 5.26. The van der Waals surface area contributed by atoms with Crippen molar-refractivity contribution in [1.82, 2.24) is 24.8 Å². The first-order chi connectivity index (χ1) is 10.7. The van der Waals surface area contributed by atoms with Gasteiger partial charge in [-0.05, 0) is 31.0 Å². The maximum Gasteiger partial charge on any atom is 0.363 e. The lowest BCUT2D eigenvalue weighted by molar-refractivity contribution is 0.801. The van der Waals surface area contributed by atoms with Gasteiger partial charge in [0.1, 0.15) is 5.52 Å². The first-order valence-electron chi connectivity index (χ1n) is 6.94. The number of nitrogens with zero attached hydrogens (tertiary/aromatic N) is 4. The molecule has 4 rings (SSSR count). The van der Waals surface area contributed by atoms with E-state index in [-0.39, 0.29) is 5.69 Å². The largest absolute Gasteiger partial charge is 0.363 e. The van der Waals surface area contributed by atoms with Crippen molar-refractivity contribution < 1.29 is 0 Å². The number of hydrogen-bond donors (Lipinski definition) is 1. The van der Waals surface area contributed by atoms with Crippen LogP contribution in [0.3, 0.4) is 0 Å². The summed E-state index contributed by atoms with van der Waals surface area (Å²) in [6.07, 6.45) is 3.41. The molecule has 0 amide bonds. The molecule has 0 radical (unpaired) electrons. The Hall–Kier alpha value is -3.02. The van der Waals surface area contributed by atoms with Crippen LogP contribution in [-0.2, 0) is 0 Å². The van der Waals surface area contributed by atoms with Crippen LogP contribution in [0.25, 0.3) is 27.5 Å². The molecular formula is C16H13N5O. The molecule has 0 saturated heterocycles. The van der Waals surface area contributed by atoms with Gasteiger partial charge in [-0.15, -0.1) is 0 Å². The Kier molecular flexibility index (Phi) is 2.59. The van der Waals surface area contributed by atoms with Gasteiger partial charge in [-0.25, -0.2) is 9.89 Å². The highest BCUT2D eigenvalue weighted by Gasteiger charge is 2.16. The van der Waals surface area contributed by atoms with Crippen LogP contribution in [0.2, 0.25) is 0 Å². The first-order valence-corrected chi connectivity index (χ1v) is 6.94. The van der Waals surface area contributed by atoms with Crippen LogP contribution in [0.15, 0.2) is 41.5 Å². The fourth-order valence-electron chi connectivity index (χ4n) is 2.88. The van der Waals surface area contributed by atoms with E-state index in [1.165, 1.54) is 4.52 Å². The smallest absolute Gasteiger partial charge is 0.256 e. The number of benzene rings is 1. The van der Waals surface area contributed by atoms with Crippen LogP contribution in [0.1, 0.15) is 11.3 Å². The molecule has 0 aliphatic heterocycles. The lowest BCUT2D eigenvalue weighted by Gasteiger charge is -2.08. The van der Waals surface area contributed by atoms with Crippen LogP contribution in [0.4, 0.5) is 0 Å². The monoisotopic (exact) mass is 291 g/mol. The topological polar surface area (TPSA) is 75.9 Å². The van der Waals surface area contributed by atoms with E-state index in [9.17, 15) is 4.79 Å². The molecule has 1 N–H and O–H groups in total. The minimum absolute atomic E-state index is 0.346. The van der Waals surface area contributed by atoms with Gasteiger partial charge in [-0.3, -0.25) is 4.98 Å². The molecule has 1 aromatic carbocycles. The highest BCUT2D eigenvalue weighted by atomic mass is 16.1. The van der Waals surface area contributed by atoms with Crippen LogP contribution < -0.4 is 5.69 Å². The van der Waals surface area contributed by atoms with Gasteiger partial charge < -0.3 is 0 Å².